The van der Waals surface area contributed by atoms with Gasteiger partial charge in [0.2, 0.25) is 5.91 Å². The second-order valence-corrected chi connectivity index (χ2v) is 11.8. The van der Waals surface area contributed by atoms with Crippen LogP contribution in [0, 0.1) is 23.1 Å². The first-order chi connectivity index (χ1) is 18.4. The van der Waals surface area contributed by atoms with Crippen LogP contribution in [0.1, 0.15) is 65.7 Å². The quantitative estimate of drug-likeness (QED) is 0.429. The van der Waals surface area contributed by atoms with Crippen molar-refractivity contribution in [1.29, 1.82) is 0 Å². The van der Waals surface area contributed by atoms with Crippen molar-refractivity contribution >= 4 is 17.4 Å². The predicted molar refractivity (Wildman–Crippen MR) is 148 cm³/mol. The van der Waals surface area contributed by atoms with Gasteiger partial charge >= 0.3 is 0 Å². The third-order valence-electron chi connectivity index (χ3n) is 8.68. The van der Waals surface area contributed by atoms with E-state index in [9.17, 15) is 9.18 Å². The van der Waals surface area contributed by atoms with Gasteiger partial charge in [-0.1, -0.05) is 33.1 Å². The molecule has 38 heavy (non-hydrogen) atoms. The van der Waals surface area contributed by atoms with Crippen molar-refractivity contribution in [3.63, 3.8) is 0 Å². The molecule has 1 aliphatic carbocycles. The van der Waals surface area contributed by atoms with Crippen molar-refractivity contribution in [2.24, 2.45) is 17.3 Å². The first kappa shape index (κ1) is 26.9. The van der Waals surface area contributed by atoms with Gasteiger partial charge in [-0.3, -0.25) is 4.79 Å². The largest absolute Gasteiger partial charge is 0.450 e. The van der Waals surface area contributed by atoms with Gasteiger partial charge in [0.05, 0.1) is 11.9 Å². The number of carbonyl (C=O) groups excluding carboxylic acids is 1. The molecule has 7 nitrogen and oxygen atoms in total. The van der Waals surface area contributed by atoms with Crippen molar-refractivity contribution in [1.82, 2.24) is 14.9 Å². The third-order valence-corrected chi connectivity index (χ3v) is 8.68. The van der Waals surface area contributed by atoms with E-state index in [4.69, 9.17) is 4.74 Å². The molecule has 0 N–H and O–H groups in total. The van der Waals surface area contributed by atoms with Gasteiger partial charge in [-0.05, 0) is 63.7 Å². The van der Waals surface area contributed by atoms with Crippen molar-refractivity contribution in [3.05, 3.63) is 36.5 Å². The second-order valence-electron chi connectivity index (χ2n) is 11.8. The number of piperidine rings is 1. The number of aromatic nitrogens is 2. The molecule has 2 saturated heterocycles. The SMILES string of the molecule is CCN(C(=O)C(C)C)c1cc(F)ccc1Oc1cncnc1N1CC2(CCN(CC3CCCCC3)CC2)C1. The van der Waals surface area contributed by atoms with Crippen LogP contribution in [0.4, 0.5) is 15.9 Å². The number of anilines is 2. The average Bonchev–Trinajstić information content (AvgIpc) is 2.91. The number of halogens is 1. The lowest BCUT2D eigenvalue weighted by Gasteiger charge is -2.54. The zero-order valence-electron chi connectivity index (χ0n) is 23.2. The van der Waals surface area contributed by atoms with Crippen LogP contribution in [0.25, 0.3) is 0 Å². The van der Waals surface area contributed by atoms with E-state index in [1.54, 1.807) is 23.5 Å². The molecule has 1 saturated carbocycles. The van der Waals surface area contributed by atoms with Crippen LogP contribution in [0.5, 0.6) is 11.5 Å². The molecular formula is C30H42FN5O2. The molecule has 206 valence electrons. The fourth-order valence-electron chi connectivity index (χ4n) is 6.46. The smallest absolute Gasteiger partial charge is 0.229 e. The van der Waals surface area contributed by atoms with Crippen LogP contribution >= 0.6 is 0 Å². The summed E-state index contributed by atoms with van der Waals surface area (Å²) in [4.78, 5) is 28.1. The number of benzene rings is 1. The molecule has 1 amide bonds. The number of hydrogen-bond donors (Lipinski definition) is 0. The monoisotopic (exact) mass is 523 g/mol. The van der Waals surface area contributed by atoms with Crippen molar-refractivity contribution in [2.75, 3.05) is 49.1 Å². The Hall–Kier alpha value is -2.74. The number of carbonyl (C=O) groups is 1. The van der Waals surface area contributed by atoms with Crippen LogP contribution in [-0.4, -0.2) is 60.0 Å². The molecule has 3 fully saturated rings. The Balaban J connectivity index is 1.25. The first-order valence-electron chi connectivity index (χ1n) is 14.4. The van der Waals surface area contributed by atoms with E-state index in [0.29, 0.717) is 29.1 Å². The molecule has 1 spiro atoms. The highest BCUT2D eigenvalue weighted by molar-refractivity contribution is 5.96. The zero-order chi connectivity index (χ0) is 26.7. The Morgan fingerprint density at radius 1 is 1.16 bits per heavy atom. The standard InChI is InChI=1S/C30H42FN5O2/c1-4-36(29(37)22(2)3)25-16-24(31)10-11-26(25)38-27-17-32-21-33-28(27)35-19-30(20-35)12-14-34(15-13-30)18-23-8-6-5-7-9-23/h10-11,16-17,21-23H,4-9,12-15,18-20H2,1-3H3. The van der Waals surface area contributed by atoms with E-state index < -0.39 is 5.82 Å². The van der Waals surface area contributed by atoms with Crippen LogP contribution < -0.4 is 14.5 Å². The van der Waals surface area contributed by atoms with Gasteiger partial charge in [-0.15, -0.1) is 0 Å². The highest BCUT2D eigenvalue weighted by Crippen LogP contribution is 2.45. The van der Waals surface area contributed by atoms with Gasteiger partial charge in [0.1, 0.15) is 12.1 Å². The molecule has 0 atom stereocenters. The van der Waals surface area contributed by atoms with Crippen LogP contribution in [-0.2, 0) is 4.79 Å². The average molecular weight is 524 g/mol. The molecule has 0 unspecified atom stereocenters. The lowest BCUT2D eigenvalue weighted by molar-refractivity contribution is -0.121. The molecule has 3 heterocycles. The Kier molecular flexibility index (Phi) is 8.17. The van der Waals surface area contributed by atoms with E-state index in [1.165, 1.54) is 76.7 Å². The van der Waals surface area contributed by atoms with Gasteiger partial charge in [0.15, 0.2) is 17.3 Å². The first-order valence-corrected chi connectivity index (χ1v) is 14.4. The minimum Gasteiger partial charge on any atom is -0.450 e. The van der Waals surface area contributed by atoms with Gasteiger partial charge in [-0.25, -0.2) is 14.4 Å². The van der Waals surface area contributed by atoms with Gasteiger partial charge in [0.25, 0.3) is 0 Å². The zero-order valence-corrected chi connectivity index (χ0v) is 23.2. The Bertz CT molecular complexity index is 1100. The van der Waals surface area contributed by atoms with Crippen molar-refractivity contribution in [3.8, 4) is 11.5 Å². The molecule has 5 rings (SSSR count). The number of amides is 1. The van der Waals surface area contributed by atoms with Crippen LogP contribution in [0.15, 0.2) is 30.7 Å². The molecule has 2 aliphatic heterocycles. The van der Waals surface area contributed by atoms with E-state index in [-0.39, 0.29) is 11.8 Å². The molecule has 2 aromatic rings. The molecule has 1 aromatic carbocycles. The Morgan fingerprint density at radius 3 is 2.58 bits per heavy atom. The molecule has 3 aliphatic rings. The van der Waals surface area contributed by atoms with E-state index in [2.05, 4.69) is 19.8 Å². The summed E-state index contributed by atoms with van der Waals surface area (Å²) >= 11 is 0. The van der Waals surface area contributed by atoms with E-state index in [1.807, 2.05) is 20.8 Å². The van der Waals surface area contributed by atoms with Crippen LogP contribution in [0.2, 0.25) is 0 Å². The number of rotatable bonds is 8. The summed E-state index contributed by atoms with van der Waals surface area (Å²) in [5.74, 6) is 1.89. The lowest BCUT2D eigenvalue weighted by atomic mass is 9.71. The Morgan fingerprint density at radius 2 is 1.89 bits per heavy atom. The fraction of sp³-hybridized carbons (Fsp3) is 0.633. The van der Waals surface area contributed by atoms with Gasteiger partial charge < -0.3 is 19.4 Å². The highest BCUT2D eigenvalue weighted by atomic mass is 19.1. The molecule has 0 radical (unpaired) electrons. The second kappa shape index (κ2) is 11.6. The minimum atomic E-state index is -0.411. The minimum absolute atomic E-state index is 0.0769. The summed E-state index contributed by atoms with van der Waals surface area (Å²) in [6.45, 7) is 11.6. The fourth-order valence-corrected chi connectivity index (χ4v) is 6.46. The Labute approximate surface area is 226 Å². The summed E-state index contributed by atoms with van der Waals surface area (Å²) < 4.78 is 20.6. The summed E-state index contributed by atoms with van der Waals surface area (Å²) in [5, 5.41) is 0. The topological polar surface area (TPSA) is 61.8 Å². The van der Waals surface area contributed by atoms with Crippen molar-refractivity contribution < 1.29 is 13.9 Å². The molecule has 1 aromatic heterocycles. The summed E-state index contributed by atoms with van der Waals surface area (Å²) in [7, 11) is 0. The maximum atomic E-state index is 14.2. The van der Waals surface area contributed by atoms with Crippen LogP contribution in [0.3, 0.4) is 0 Å². The van der Waals surface area contributed by atoms with Gasteiger partial charge in [-0.2, -0.15) is 0 Å². The number of ether oxygens (including phenoxy) is 1. The lowest BCUT2D eigenvalue weighted by Crippen LogP contribution is -2.61. The molecule has 0 bridgehead atoms. The normalized spacial score (nSPS) is 20.0. The van der Waals surface area contributed by atoms with E-state index >= 15 is 0 Å². The third kappa shape index (κ3) is 5.80. The summed E-state index contributed by atoms with van der Waals surface area (Å²) in [5.41, 5.74) is 0.765. The summed E-state index contributed by atoms with van der Waals surface area (Å²) in [6, 6.07) is 4.30. The number of likely N-dealkylation sites (tertiary alicyclic amines) is 1. The maximum Gasteiger partial charge on any atom is 0.229 e. The summed E-state index contributed by atoms with van der Waals surface area (Å²) in [6.07, 6.45) is 12.7. The number of nitrogens with zero attached hydrogens (tertiary/aromatic N) is 5. The van der Waals surface area contributed by atoms with Crippen molar-refractivity contribution in [2.45, 2.75) is 65.7 Å². The predicted octanol–water partition coefficient (Wildman–Crippen LogP) is 5.90. The molecular weight excluding hydrogens is 481 g/mol. The van der Waals surface area contributed by atoms with E-state index in [0.717, 1.165) is 24.8 Å². The maximum absolute atomic E-state index is 14.2. The van der Waals surface area contributed by atoms with Gasteiger partial charge in [0, 0.05) is 43.6 Å². The number of hydrogen-bond acceptors (Lipinski definition) is 6. The molecule has 8 heteroatoms. The highest BCUT2D eigenvalue weighted by Gasteiger charge is 2.46.